The molecule has 0 saturated carbocycles. The Kier molecular flexibility index (Phi) is 5.08. The lowest BCUT2D eigenvalue weighted by molar-refractivity contribution is 0.105. The molecule has 1 spiro atoms. The first kappa shape index (κ1) is 17.3. The van der Waals surface area contributed by atoms with Crippen LogP contribution in [0, 0.1) is 5.41 Å². The number of hydrogen-bond acceptors (Lipinski definition) is 6. The summed E-state index contributed by atoms with van der Waals surface area (Å²) in [5.74, 6) is 0. The fourth-order valence-electron chi connectivity index (χ4n) is 3.92. The highest BCUT2D eigenvalue weighted by atomic mass is 32.2. The molecule has 23 heavy (non-hydrogen) atoms. The number of aromatic nitrogens is 1. The van der Waals surface area contributed by atoms with Crippen LogP contribution in [0.15, 0.2) is 11.6 Å². The van der Waals surface area contributed by atoms with Crippen LogP contribution in [0.5, 0.6) is 0 Å². The lowest BCUT2D eigenvalue weighted by Crippen LogP contribution is -2.42. The Morgan fingerprint density at radius 3 is 2.74 bits per heavy atom. The van der Waals surface area contributed by atoms with E-state index in [-0.39, 0.29) is 11.5 Å². The second-order valence-corrected chi connectivity index (χ2v) is 9.74. The van der Waals surface area contributed by atoms with Crippen molar-refractivity contribution in [2.75, 3.05) is 39.6 Å². The number of likely N-dealkylation sites (tertiary alicyclic amines) is 1. The molecule has 2 aliphatic heterocycles. The van der Waals surface area contributed by atoms with Gasteiger partial charge in [-0.2, -0.15) is 4.31 Å². The summed E-state index contributed by atoms with van der Waals surface area (Å²) in [6.07, 6.45) is 6.17. The highest BCUT2D eigenvalue weighted by molar-refractivity contribution is 7.88. The van der Waals surface area contributed by atoms with E-state index in [1.165, 1.54) is 6.26 Å². The zero-order chi connectivity index (χ0) is 16.5. The standard InChI is InChI=1S/C15H25N3O3S2/c1-21-11-13-9-15(12-18(13)23(2,19)20)3-6-17(7-4-15)10-14-16-5-8-22-14/h5,8,13H,3-4,6-7,9-12H2,1-2H3/t13-/m0/s1. The third kappa shape index (κ3) is 3.93. The summed E-state index contributed by atoms with van der Waals surface area (Å²) in [5.41, 5.74) is 0.117. The van der Waals surface area contributed by atoms with Crippen LogP contribution in [-0.4, -0.2) is 68.3 Å². The van der Waals surface area contributed by atoms with Crippen molar-refractivity contribution in [2.24, 2.45) is 5.41 Å². The maximum absolute atomic E-state index is 12.1. The summed E-state index contributed by atoms with van der Waals surface area (Å²) in [6.45, 7) is 4.06. The topological polar surface area (TPSA) is 62.7 Å². The minimum atomic E-state index is -3.17. The van der Waals surface area contributed by atoms with Gasteiger partial charge in [0.1, 0.15) is 5.01 Å². The van der Waals surface area contributed by atoms with Gasteiger partial charge in [-0.15, -0.1) is 11.3 Å². The fourth-order valence-corrected chi connectivity index (χ4v) is 5.76. The summed E-state index contributed by atoms with van der Waals surface area (Å²) in [5, 5.41) is 3.17. The van der Waals surface area contributed by atoms with Gasteiger partial charge >= 0.3 is 0 Å². The minimum absolute atomic E-state index is 0.0134. The first-order valence-electron chi connectivity index (χ1n) is 7.98. The molecule has 0 aromatic carbocycles. The van der Waals surface area contributed by atoms with Gasteiger partial charge in [-0.25, -0.2) is 13.4 Å². The molecule has 3 rings (SSSR count). The van der Waals surface area contributed by atoms with E-state index in [1.54, 1.807) is 22.8 Å². The van der Waals surface area contributed by atoms with Crippen LogP contribution >= 0.6 is 11.3 Å². The average molecular weight is 360 g/mol. The molecular formula is C15H25N3O3S2. The molecule has 0 N–H and O–H groups in total. The number of nitrogens with zero attached hydrogens (tertiary/aromatic N) is 3. The van der Waals surface area contributed by atoms with Crippen LogP contribution in [0.25, 0.3) is 0 Å². The number of piperidine rings is 1. The Morgan fingerprint density at radius 1 is 1.43 bits per heavy atom. The van der Waals surface area contributed by atoms with Gasteiger partial charge in [0.05, 0.1) is 19.4 Å². The molecule has 0 radical (unpaired) electrons. The minimum Gasteiger partial charge on any atom is -0.383 e. The van der Waals surface area contributed by atoms with E-state index in [2.05, 4.69) is 9.88 Å². The van der Waals surface area contributed by atoms with Crippen molar-refractivity contribution in [2.45, 2.75) is 31.8 Å². The van der Waals surface area contributed by atoms with Crippen LogP contribution < -0.4 is 0 Å². The molecule has 2 saturated heterocycles. The Hall–Kier alpha value is -0.540. The van der Waals surface area contributed by atoms with Gasteiger partial charge in [0, 0.05) is 31.3 Å². The molecule has 1 aromatic rings. The lowest BCUT2D eigenvalue weighted by Gasteiger charge is -2.39. The molecule has 1 aromatic heterocycles. The Bertz CT molecular complexity index is 610. The number of methoxy groups -OCH3 is 1. The molecule has 130 valence electrons. The summed E-state index contributed by atoms with van der Waals surface area (Å²) in [6, 6.07) is -0.0134. The van der Waals surface area contributed by atoms with Crippen molar-refractivity contribution < 1.29 is 13.2 Å². The monoisotopic (exact) mass is 359 g/mol. The molecule has 8 heteroatoms. The molecule has 6 nitrogen and oxygen atoms in total. The quantitative estimate of drug-likeness (QED) is 0.795. The third-order valence-electron chi connectivity index (χ3n) is 5.11. The van der Waals surface area contributed by atoms with Crippen molar-refractivity contribution in [3.63, 3.8) is 0 Å². The van der Waals surface area contributed by atoms with Gasteiger partial charge in [0.15, 0.2) is 0 Å². The molecule has 0 bridgehead atoms. The molecular weight excluding hydrogens is 334 g/mol. The van der Waals surface area contributed by atoms with Crippen LogP contribution in [0.4, 0.5) is 0 Å². The van der Waals surface area contributed by atoms with Crippen LogP contribution in [0.2, 0.25) is 0 Å². The number of thiazole rings is 1. The van der Waals surface area contributed by atoms with Crippen LogP contribution in [-0.2, 0) is 21.3 Å². The first-order chi connectivity index (χ1) is 10.9. The SMILES string of the molecule is COC[C@@H]1CC2(CCN(Cc3nccs3)CC2)CN1S(C)(=O)=O. The average Bonchev–Trinajstić information content (AvgIpc) is 3.10. The smallest absolute Gasteiger partial charge is 0.211 e. The highest BCUT2D eigenvalue weighted by Gasteiger charge is 2.48. The van der Waals surface area contributed by atoms with Gasteiger partial charge in [0.25, 0.3) is 0 Å². The van der Waals surface area contributed by atoms with E-state index >= 15 is 0 Å². The Balaban J connectivity index is 1.63. The van der Waals surface area contributed by atoms with Gasteiger partial charge in [0.2, 0.25) is 10.0 Å². The Labute approximate surface area is 142 Å². The van der Waals surface area contributed by atoms with E-state index in [1.807, 2.05) is 11.6 Å². The van der Waals surface area contributed by atoms with Gasteiger partial charge < -0.3 is 4.74 Å². The van der Waals surface area contributed by atoms with E-state index < -0.39 is 10.0 Å². The summed E-state index contributed by atoms with van der Waals surface area (Å²) < 4.78 is 31.1. The summed E-state index contributed by atoms with van der Waals surface area (Å²) in [7, 11) is -1.53. The highest BCUT2D eigenvalue weighted by Crippen LogP contribution is 2.44. The molecule has 0 amide bonds. The van der Waals surface area contributed by atoms with E-state index in [9.17, 15) is 8.42 Å². The van der Waals surface area contributed by atoms with Crippen LogP contribution in [0.1, 0.15) is 24.3 Å². The van der Waals surface area contributed by atoms with E-state index in [0.29, 0.717) is 13.2 Å². The van der Waals surface area contributed by atoms with Crippen molar-refractivity contribution in [3.05, 3.63) is 16.6 Å². The second-order valence-electron chi connectivity index (χ2n) is 6.82. The van der Waals surface area contributed by atoms with Crippen molar-refractivity contribution in [3.8, 4) is 0 Å². The first-order valence-corrected chi connectivity index (χ1v) is 10.7. The van der Waals surface area contributed by atoms with Crippen molar-refractivity contribution in [1.29, 1.82) is 0 Å². The zero-order valence-corrected chi connectivity index (χ0v) is 15.4. The van der Waals surface area contributed by atoms with E-state index in [4.69, 9.17) is 4.74 Å². The van der Waals surface area contributed by atoms with Gasteiger partial charge in [-0.3, -0.25) is 4.90 Å². The molecule has 1 atom stereocenters. The number of sulfonamides is 1. The Morgan fingerprint density at radius 2 is 2.17 bits per heavy atom. The maximum Gasteiger partial charge on any atom is 0.211 e. The van der Waals surface area contributed by atoms with Gasteiger partial charge in [-0.1, -0.05) is 0 Å². The molecule has 0 aliphatic carbocycles. The summed E-state index contributed by atoms with van der Waals surface area (Å²) >= 11 is 1.69. The number of ether oxygens (including phenoxy) is 1. The molecule has 2 aliphatic rings. The normalized spacial score (nSPS) is 26.1. The molecule has 3 heterocycles. The van der Waals surface area contributed by atoms with Crippen molar-refractivity contribution in [1.82, 2.24) is 14.2 Å². The molecule has 0 unspecified atom stereocenters. The van der Waals surface area contributed by atoms with Crippen LogP contribution in [0.3, 0.4) is 0 Å². The third-order valence-corrected chi connectivity index (χ3v) is 7.15. The van der Waals surface area contributed by atoms with Crippen molar-refractivity contribution >= 4 is 21.4 Å². The predicted molar refractivity (Wildman–Crippen MR) is 90.9 cm³/mol. The largest absolute Gasteiger partial charge is 0.383 e. The predicted octanol–water partition coefficient (Wildman–Crippen LogP) is 1.41. The van der Waals surface area contributed by atoms with Gasteiger partial charge in [-0.05, 0) is 37.8 Å². The maximum atomic E-state index is 12.1. The molecule has 2 fully saturated rings. The summed E-state index contributed by atoms with van der Waals surface area (Å²) in [4.78, 5) is 6.78. The number of rotatable bonds is 5. The fraction of sp³-hybridized carbons (Fsp3) is 0.800. The van der Waals surface area contributed by atoms with E-state index in [0.717, 1.165) is 43.9 Å². The lowest BCUT2D eigenvalue weighted by atomic mass is 9.76. The zero-order valence-electron chi connectivity index (χ0n) is 13.8. The second kappa shape index (κ2) is 6.76. The number of hydrogen-bond donors (Lipinski definition) is 0.